The summed E-state index contributed by atoms with van der Waals surface area (Å²) in [5.41, 5.74) is 0.843. The molecule has 1 aliphatic rings. The first-order valence-corrected chi connectivity index (χ1v) is 10.4. The molecule has 1 atom stereocenters. The molecule has 0 spiro atoms. The van der Waals surface area contributed by atoms with Gasteiger partial charge in [0.1, 0.15) is 10.7 Å². The first-order chi connectivity index (χ1) is 13.4. The van der Waals surface area contributed by atoms with Gasteiger partial charge in [0.25, 0.3) is 5.91 Å². The molecule has 1 saturated heterocycles. The molecule has 28 heavy (non-hydrogen) atoms. The molecule has 1 aromatic carbocycles. The minimum absolute atomic E-state index is 0.0509. The molecule has 0 saturated carbocycles. The summed E-state index contributed by atoms with van der Waals surface area (Å²) >= 11 is 0. The Morgan fingerprint density at radius 2 is 2.07 bits per heavy atom. The third-order valence-corrected chi connectivity index (χ3v) is 6.57. The number of rotatable bonds is 8. The number of nitrogens with one attached hydrogen (secondary N) is 1. The van der Waals surface area contributed by atoms with E-state index in [1.165, 1.54) is 10.4 Å². The van der Waals surface area contributed by atoms with E-state index in [-0.39, 0.29) is 24.6 Å². The number of amides is 1. The van der Waals surface area contributed by atoms with Gasteiger partial charge in [-0.15, -0.1) is 0 Å². The zero-order valence-electron chi connectivity index (χ0n) is 15.2. The molecule has 0 aliphatic carbocycles. The van der Waals surface area contributed by atoms with Crippen LogP contribution in [-0.2, 0) is 16.4 Å². The minimum Gasteiger partial charge on any atom is -0.396 e. The average Bonchev–Trinajstić information content (AvgIpc) is 2.64. The maximum absolute atomic E-state index is 14.1. The topological polar surface area (TPSA) is 99.6 Å². The van der Waals surface area contributed by atoms with E-state index < -0.39 is 26.6 Å². The maximum atomic E-state index is 14.1. The Morgan fingerprint density at radius 1 is 1.29 bits per heavy atom. The van der Waals surface area contributed by atoms with Gasteiger partial charge in [-0.25, -0.2) is 12.8 Å². The van der Waals surface area contributed by atoms with Gasteiger partial charge in [0.05, 0.1) is 0 Å². The number of sulfonamides is 1. The summed E-state index contributed by atoms with van der Waals surface area (Å²) in [6.07, 6.45) is 2.87. The molecule has 2 heterocycles. The van der Waals surface area contributed by atoms with Crippen LogP contribution in [0.2, 0.25) is 0 Å². The number of aliphatic hydroxyl groups excluding tert-OH is 1. The smallest absolute Gasteiger partial charge is 0.251 e. The van der Waals surface area contributed by atoms with Gasteiger partial charge in [0.2, 0.25) is 10.0 Å². The number of nitrogens with zero attached hydrogens (tertiary/aromatic N) is 2. The lowest BCUT2D eigenvalue weighted by Gasteiger charge is -2.29. The van der Waals surface area contributed by atoms with Crippen LogP contribution in [-0.4, -0.2) is 55.0 Å². The largest absolute Gasteiger partial charge is 0.396 e. The van der Waals surface area contributed by atoms with Crippen molar-refractivity contribution in [1.82, 2.24) is 14.6 Å². The highest BCUT2D eigenvalue weighted by Crippen LogP contribution is 2.24. The van der Waals surface area contributed by atoms with Crippen LogP contribution in [0.15, 0.2) is 47.5 Å². The van der Waals surface area contributed by atoms with Gasteiger partial charge in [-0.2, -0.15) is 4.31 Å². The van der Waals surface area contributed by atoms with Crippen LogP contribution in [0.3, 0.4) is 0 Å². The van der Waals surface area contributed by atoms with Gasteiger partial charge in [-0.05, 0) is 43.2 Å². The Labute approximate surface area is 163 Å². The number of carbonyl (C=O) groups excluding carboxylic acids is 1. The van der Waals surface area contributed by atoms with Crippen LogP contribution in [0.4, 0.5) is 4.39 Å². The van der Waals surface area contributed by atoms with Crippen molar-refractivity contribution in [1.29, 1.82) is 0 Å². The fraction of sp³-hybridized carbons (Fsp3) is 0.368. The quantitative estimate of drug-likeness (QED) is 0.685. The van der Waals surface area contributed by atoms with E-state index in [9.17, 15) is 22.7 Å². The molecule has 2 aromatic rings. The third-order valence-electron chi connectivity index (χ3n) is 4.66. The van der Waals surface area contributed by atoms with Gasteiger partial charge in [0, 0.05) is 49.6 Å². The Kier molecular flexibility index (Phi) is 6.38. The molecule has 1 aromatic heterocycles. The first-order valence-electron chi connectivity index (χ1n) is 9.00. The van der Waals surface area contributed by atoms with Crippen molar-refractivity contribution in [2.24, 2.45) is 5.92 Å². The third kappa shape index (κ3) is 4.54. The van der Waals surface area contributed by atoms with Crippen LogP contribution in [0.25, 0.3) is 0 Å². The lowest BCUT2D eigenvalue weighted by molar-refractivity contribution is 0.0939. The molecule has 9 heteroatoms. The Morgan fingerprint density at radius 3 is 2.68 bits per heavy atom. The molecule has 0 radical (unpaired) electrons. The van der Waals surface area contributed by atoms with Crippen LogP contribution in [0, 0.1) is 11.7 Å². The summed E-state index contributed by atoms with van der Waals surface area (Å²) in [4.78, 5) is 16.1. The molecule has 3 rings (SSSR count). The fourth-order valence-corrected chi connectivity index (χ4v) is 4.47. The van der Waals surface area contributed by atoms with Crippen molar-refractivity contribution < 1.29 is 22.7 Å². The highest BCUT2D eigenvalue weighted by Gasteiger charge is 2.32. The first kappa shape index (κ1) is 20.4. The van der Waals surface area contributed by atoms with Crippen LogP contribution in [0.1, 0.15) is 22.5 Å². The molecule has 7 nitrogen and oxygen atoms in total. The van der Waals surface area contributed by atoms with Crippen molar-refractivity contribution in [3.63, 3.8) is 0 Å². The summed E-state index contributed by atoms with van der Waals surface area (Å²) in [6.45, 7) is 0.736. The number of carbonyl (C=O) groups is 1. The van der Waals surface area contributed by atoms with E-state index in [0.29, 0.717) is 19.5 Å². The second-order valence-electron chi connectivity index (χ2n) is 6.69. The van der Waals surface area contributed by atoms with Crippen LogP contribution >= 0.6 is 0 Å². The Bertz CT molecular complexity index is 933. The second-order valence-corrected chi connectivity index (χ2v) is 8.59. The van der Waals surface area contributed by atoms with E-state index in [0.717, 1.165) is 24.2 Å². The Balaban J connectivity index is 1.68. The molecule has 2 N–H and O–H groups in total. The van der Waals surface area contributed by atoms with Crippen molar-refractivity contribution in [3.05, 3.63) is 59.7 Å². The van der Waals surface area contributed by atoms with Gasteiger partial charge in [-0.3, -0.25) is 9.78 Å². The fourth-order valence-electron chi connectivity index (χ4n) is 2.86. The normalized spacial score (nSPS) is 15.6. The standard InChI is InChI=1S/C19H22FN3O4S/c20-17-6-5-15(11-18(17)28(26,27)23-8-3-9-23)19(25)22-12-14(13-24)10-16-4-1-2-7-21-16/h1-2,4-7,11,14,24H,3,8-10,12-13H2,(H,22,25)/t14-/m0/s1. The Hall–Kier alpha value is -2.36. The molecule has 0 bridgehead atoms. The summed E-state index contributed by atoms with van der Waals surface area (Å²) in [5, 5.41) is 12.2. The molecular formula is C19H22FN3O4S. The summed E-state index contributed by atoms with van der Waals surface area (Å²) in [6, 6.07) is 8.75. The predicted molar refractivity (Wildman–Crippen MR) is 101 cm³/mol. The van der Waals surface area contributed by atoms with Crippen molar-refractivity contribution in [3.8, 4) is 0 Å². The van der Waals surface area contributed by atoms with E-state index in [1.54, 1.807) is 12.3 Å². The number of aromatic nitrogens is 1. The van der Waals surface area contributed by atoms with E-state index in [4.69, 9.17) is 0 Å². The predicted octanol–water partition coefficient (Wildman–Crippen LogP) is 1.20. The van der Waals surface area contributed by atoms with Gasteiger partial charge < -0.3 is 10.4 Å². The number of aliphatic hydroxyl groups is 1. The lowest BCUT2D eigenvalue weighted by atomic mass is 10.0. The molecular weight excluding hydrogens is 385 g/mol. The number of pyridine rings is 1. The van der Waals surface area contributed by atoms with Crippen molar-refractivity contribution in [2.75, 3.05) is 26.2 Å². The number of benzene rings is 1. The van der Waals surface area contributed by atoms with E-state index >= 15 is 0 Å². The highest BCUT2D eigenvalue weighted by molar-refractivity contribution is 7.89. The number of halogens is 1. The molecule has 0 unspecified atom stereocenters. The van der Waals surface area contributed by atoms with Gasteiger partial charge >= 0.3 is 0 Å². The van der Waals surface area contributed by atoms with Crippen LogP contribution in [0.5, 0.6) is 0 Å². The van der Waals surface area contributed by atoms with Crippen molar-refractivity contribution in [2.45, 2.75) is 17.7 Å². The SMILES string of the molecule is O=C(NC[C@@H](CO)Cc1ccccn1)c1ccc(F)c(S(=O)(=O)N2CCC2)c1. The van der Waals surface area contributed by atoms with Crippen molar-refractivity contribution >= 4 is 15.9 Å². The summed E-state index contributed by atoms with van der Waals surface area (Å²) in [5.74, 6) is -1.66. The molecule has 150 valence electrons. The van der Waals surface area contributed by atoms with E-state index in [2.05, 4.69) is 10.3 Å². The zero-order chi connectivity index (χ0) is 20.1. The molecule has 1 amide bonds. The van der Waals surface area contributed by atoms with Crippen LogP contribution < -0.4 is 5.32 Å². The molecule has 1 fully saturated rings. The summed E-state index contributed by atoms with van der Waals surface area (Å²) in [7, 11) is -3.94. The summed E-state index contributed by atoms with van der Waals surface area (Å²) < 4.78 is 40.1. The van der Waals surface area contributed by atoms with Gasteiger partial charge in [-0.1, -0.05) is 6.07 Å². The monoisotopic (exact) mass is 407 g/mol. The average molecular weight is 407 g/mol. The lowest BCUT2D eigenvalue weighted by Crippen LogP contribution is -2.42. The maximum Gasteiger partial charge on any atom is 0.251 e. The second kappa shape index (κ2) is 8.76. The number of hydrogen-bond donors (Lipinski definition) is 2. The van der Waals surface area contributed by atoms with Gasteiger partial charge in [0.15, 0.2) is 0 Å². The number of hydrogen-bond acceptors (Lipinski definition) is 5. The zero-order valence-corrected chi connectivity index (χ0v) is 16.0. The molecule has 1 aliphatic heterocycles. The van der Waals surface area contributed by atoms with E-state index in [1.807, 2.05) is 12.1 Å². The minimum atomic E-state index is -3.94. The highest BCUT2D eigenvalue weighted by atomic mass is 32.2.